The third-order valence-corrected chi connectivity index (χ3v) is 4.11. The lowest BCUT2D eigenvalue weighted by molar-refractivity contribution is -0.120. The van der Waals surface area contributed by atoms with Gasteiger partial charge in [-0.05, 0) is 12.1 Å². The molecule has 2 aromatic rings. The van der Waals surface area contributed by atoms with Gasteiger partial charge in [0.1, 0.15) is 0 Å². The molecule has 0 atom stereocenters. The predicted molar refractivity (Wildman–Crippen MR) is 96.5 cm³/mol. The highest BCUT2D eigenvalue weighted by Crippen LogP contribution is 2.33. The van der Waals surface area contributed by atoms with E-state index in [0.29, 0.717) is 12.2 Å². The van der Waals surface area contributed by atoms with Gasteiger partial charge in [0, 0.05) is 54.7 Å². The van der Waals surface area contributed by atoms with E-state index in [1.54, 1.807) is 29.7 Å². The Morgan fingerprint density at radius 3 is 2.84 bits per heavy atom. The summed E-state index contributed by atoms with van der Waals surface area (Å²) < 4.78 is 0. The van der Waals surface area contributed by atoms with Crippen molar-refractivity contribution in [3.8, 4) is 0 Å². The number of urea groups is 1. The second kappa shape index (κ2) is 6.20. The molecule has 1 aromatic carbocycles. The van der Waals surface area contributed by atoms with E-state index in [0.717, 1.165) is 16.5 Å². The minimum atomic E-state index is -0.418. The molecule has 2 aliphatic rings. The number of aliphatic imine (C=N–C) groups is 1. The van der Waals surface area contributed by atoms with Gasteiger partial charge in [-0.15, -0.1) is 0 Å². The smallest absolute Gasteiger partial charge is 0.322 e. The zero-order chi connectivity index (χ0) is 17.2. The number of rotatable bonds is 2. The van der Waals surface area contributed by atoms with Gasteiger partial charge >= 0.3 is 6.03 Å². The molecule has 2 aliphatic heterocycles. The van der Waals surface area contributed by atoms with Crippen molar-refractivity contribution in [2.24, 2.45) is 4.99 Å². The van der Waals surface area contributed by atoms with Crippen LogP contribution in [0.3, 0.4) is 0 Å². The molecule has 0 saturated carbocycles. The summed E-state index contributed by atoms with van der Waals surface area (Å²) in [6.07, 6.45) is 12.7. The Morgan fingerprint density at radius 2 is 1.96 bits per heavy atom. The Bertz CT molecular complexity index is 932. The van der Waals surface area contributed by atoms with Gasteiger partial charge in [-0.3, -0.25) is 25.0 Å². The number of allylic oxidation sites excluding steroid dienone is 1. The average Bonchev–Trinajstić information content (AvgIpc) is 2.90. The molecular formula is C18H15N5O2. The highest BCUT2D eigenvalue weighted by molar-refractivity contribution is 6.11. The fraction of sp³-hybridized carbons (Fsp3) is 0.111. The summed E-state index contributed by atoms with van der Waals surface area (Å²) in [7, 11) is 0. The van der Waals surface area contributed by atoms with Crippen LogP contribution < -0.4 is 15.1 Å². The Kier molecular flexibility index (Phi) is 3.74. The number of nitrogens with one attached hydrogen (secondary N) is 1. The highest BCUT2D eigenvalue weighted by atomic mass is 16.2. The van der Waals surface area contributed by atoms with Crippen molar-refractivity contribution in [1.29, 1.82) is 0 Å². The second-order valence-electron chi connectivity index (χ2n) is 5.63. The number of nitrogens with zero attached hydrogens (tertiary/aromatic N) is 4. The van der Waals surface area contributed by atoms with Crippen LogP contribution in [-0.4, -0.2) is 29.7 Å². The van der Waals surface area contributed by atoms with Gasteiger partial charge in [0.25, 0.3) is 0 Å². The van der Waals surface area contributed by atoms with Gasteiger partial charge in [-0.25, -0.2) is 4.79 Å². The van der Waals surface area contributed by atoms with Crippen LogP contribution in [0.2, 0.25) is 0 Å². The predicted octanol–water partition coefficient (Wildman–Crippen LogP) is 2.56. The number of aromatic nitrogens is 1. The standard InChI is InChI=1S/C18H15N5O2/c24-17-5-9-23(18(25)21-17)16-12-20-11-14-13(16)3-1-4-15(14)22-8-2-6-19-7-10-22/h1-4,6-8,10-12H,5,9H2,(H,21,24,25). The molecule has 7 heteroatoms. The van der Waals surface area contributed by atoms with Crippen LogP contribution in [0.4, 0.5) is 16.2 Å². The number of fused-ring (bicyclic) bond motifs is 1. The molecule has 0 unspecified atom stereocenters. The minimum Gasteiger partial charge on any atom is -0.322 e. The number of amides is 3. The van der Waals surface area contributed by atoms with Crippen molar-refractivity contribution < 1.29 is 9.59 Å². The zero-order valence-corrected chi connectivity index (χ0v) is 13.3. The van der Waals surface area contributed by atoms with Gasteiger partial charge in [0.2, 0.25) is 5.91 Å². The van der Waals surface area contributed by atoms with E-state index < -0.39 is 6.03 Å². The molecular weight excluding hydrogens is 318 g/mol. The lowest BCUT2D eigenvalue weighted by Crippen LogP contribution is -2.49. The molecule has 3 heterocycles. The Morgan fingerprint density at radius 1 is 1.04 bits per heavy atom. The molecule has 1 saturated heterocycles. The number of benzene rings is 1. The van der Waals surface area contributed by atoms with E-state index in [2.05, 4.69) is 15.3 Å². The minimum absolute atomic E-state index is 0.255. The molecule has 3 amide bonds. The first-order valence-electron chi connectivity index (χ1n) is 7.87. The maximum Gasteiger partial charge on any atom is 0.328 e. The fourth-order valence-electron chi connectivity index (χ4n) is 2.95. The fourth-order valence-corrected chi connectivity index (χ4v) is 2.95. The molecule has 7 nitrogen and oxygen atoms in total. The van der Waals surface area contributed by atoms with E-state index >= 15 is 0 Å². The van der Waals surface area contributed by atoms with Crippen molar-refractivity contribution in [3.63, 3.8) is 0 Å². The first kappa shape index (κ1) is 15.1. The van der Waals surface area contributed by atoms with Gasteiger partial charge < -0.3 is 4.90 Å². The number of hydrogen-bond acceptors (Lipinski definition) is 5. The number of hydrogen-bond donors (Lipinski definition) is 1. The Hall–Kier alpha value is -3.48. The molecule has 1 N–H and O–H groups in total. The molecule has 0 aliphatic carbocycles. The summed E-state index contributed by atoms with van der Waals surface area (Å²) in [4.78, 5) is 35.5. The van der Waals surface area contributed by atoms with Crippen molar-refractivity contribution in [2.45, 2.75) is 6.42 Å². The van der Waals surface area contributed by atoms with Crippen molar-refractivity contribution in [1.82, 2.24) is 10.3 Å². The van der Waals surface area contributed by atoms with E-state index in [9.17, 15) is 9.59 Å². The van der Waals surface area contributed by atoms with Crippen LogP contribution in [0, 0.1) is 0 Å². The number of imide groups is 1. The first-order valence-corrected chi connectivity index (χ1v) is 7.87. The van der Waals surface area contributed by atoms with Crippen LogP contribution in [0.25, 0.3) is 10.8 Å². The topological polar surface area (TPSA) is 77.9 Å². The number of carbonyl (C=O) groups is 2. The maximum atomic E-state index is 12.2. The van der Waals surface area contributed by atoms with Crippen LogP contribution in [0.5, 0.6) is 0 Å². The van der Waals surface area contributed by atoms with E-state index in [1.807, 2.05) is 41.6 Å². The third kappa shape index (κ3) is 2.76. The quantitative estimate of drug-likeness (QED) is 0.916. The molecule has 124 valence electrons. The molecule has 25 heavy (non-hydrogen) atoms. The van der Waals surface area contributed by atoms with Crippen molar-refractivity contribution in [2.75, 3.05) is 16.3 Å². The molecule has 0 spiro atoms. The Balaban J connectivity index is 1.82. The number of pyridine rings is 1. The van der Waals surface area contributed by atoms with E-state index in [1.165, 1.54) is 0 Å². The SMILES string of the molecule is O=C1CCN(c2cncc3c(N4C=CC=NC=C4)cccc23)C(=O)N1. The van der Waals surface area contributed by atoms with Gasteiger partial charge in [-0.2, -0.15) is 0 Å². The van der Waals surface area contributed by atoms with Crippen molar-refractivity contribution in [3.05, 3.63) is 55.3 Å². The molecule has 4 rings (SSSR count). The third-order valence-electron chi connectivity index (χ3n) is 4.11. The summed E-state index contributed by atoms with van der Waals surface area (Å²) in [6, 6.07) is 5.44. The molecule has 0 radical (unpaired) electrons. The first-order chi connectivity index (χ1) is 12.2. The monoisotopic (exact) mass is 333 g/mol. The van der Waals surface area contributed by atoms with Crippen LogP contribution >= 0.6 is 0 Å². The zero-order valence-electron chi connectivity index (χ0n) is 13.3. The van der Waals surface area contributed by atoms with Gasteiger partial charge in [-0.1, -0.05) is 12.1 Å². The largest absolute Gasteiger partial charge is 0.328 e. The lowest BCUT2D eigenvalue weighted by Gasteiger charge is -2.28. The summed E-state index contributed by atoms with van der Waals surface area (Å²) >= 11 is 0. The second-order valence-corrected chi connectivity index (χ2v) is 5.63. The lowest BCUT2D eigenvalue weighted by atomic mass is 10.1. The van der Waals surface area contributed by atoms with Crippen LogP contribution in [-0.2, 0) is 4.79 Å². The molecule has 1 fully saturated rings. The number of carbonyl (C=O) groups excluding carboxylic acids is 2. The highest BCUT2D eigenvalue weighted by Gasteiger charge is 2.26. The molecule has 1 aromatic heterocycles. The van der Waals surface area contributed by atoms with Crippen molar-refractivity contribution >= 4 is 40.3 Å². The summed E-state index contributed by atoms with van der Waals surface area (Å²) in [5.41, 5.74) is 1.61. The van der Waals surface area contributed by atoms with E-state index in [-0.39, 0.29) is 12.3 Å². The molecule has 0 bridgehead atoms. The summed E-state index contributed by atoms with van der Waals surface area (Å²) in [5, 5.41) is 4.15. The van der Waals surface area contributed by atoms with Crippen LogP contribution in [0.15, 0.2) is 60.3 Å². The van der Waals surface area contributed by atoms with Gasteiger partial charge in [0.15, 0.2) is 0 Å². The van der Waals surface area contributed by atoms with E-state index in [4.69, 9.17) is 0 Å². The van der Waals surface area contributed by atoms with Gasteiger partial charge in [0.05, 0.1) is 17.6 Å². The summed E-state index contributed by atoms with van der Waals surface area (Å²) in [5.74, 6) is -0.255. The van der Waals surface area contributed by atoms with Crippen LogP contribution in [0.1, 0.15) is 6.42 Å². The maximum absolute atomic E-state index is 12.2. The number of anilines is 2. The summed E-state index contributed by atoms with van der Waals surface area (Å²) in [6.45, 7) is 0.340. The Labute approximate surface area is 144 Å². The normalized spacial score (nSPS) is 17.1. The average molecular weight is 333 g/mol.